The third-order valence-electron chi connectivity index (χ3n) is 2.97. The van der Waals surface area contributed by atoms with E-state index >= 15 is 0 Å². The Kier molecular flexibility index (Phi) is 5.22. The lowest BCUT2D eigenvalue weighted by Crippen LogP contribution is -2.30. The molecular weight excluding hydrogens is 299 g/mol. The van der Waals surface area contributed by atoms with Gasteiger partial charge in [-0.3, -0.25) is 0 Å². The second-order valence-corrected chi connectivity index (χ2v) is 6.30. The first-order valence-corrected chi connectivity index (χ1v) is 7.74. The number of thiazole rings is 1. The minimum Gasteiger partial charge on any atom is -0.316 e. The first-order chi connectivity index (χ1) is 9.08. The molecule has 0 amide bonds. The highest BCUT2D eigenvalue weighted by Gasteiger charge is 2.13. The summed E-state index contributed by atoms with van der Waals surface area (Å²) >= 11 is 13.9. The van der Waals surface area contributed by atoms with Gasteiger partial charge in [0.2, 0.25) is 0 Å². The van der Waals surface area contributed by atoms with Gasteiger partial charge in [0.25, 0.3) is 0 Å². The molecule has 0 aliphatic heterocycles. The summed E-state index contributed by atoms with van der Waals surface area (Å²) in [5, 5.41) is 8.03. The van der Waals surface area contributed by atoms with Crippen LogP contribution in [0.25, 0.3) is 0 Å². The Balaban J connectivity index is 2.08. The second-order valence-electron chi connectivity index (χ2n) is 4.51. The predicted octanol–water partition coefficient (Wildman–Crippen LogP) is 4.13. The van der Waals surface area contributed by atoms with Gasteiger partial charge in [-0.1, -0.05) is 23.2 Å². The summed E-state index contributed by atoms with van der Waals surface area (Å²) in [6.45, 7) is 2.02. The Hall–Kier alpha value is -0.610. The van der Waals surface area contributed by atoms with Gasteiger partial charge in [-0.05, 0) is 44.2 Å². The summed E-state index contributed by atoms with van der Waals surface area (Å²) < 4.78 is 0. The van der Waals surface area contributed by atoms with Crippen molar-refractivity contribution >= 4 is 34.5 Å². The van der Waals surface area contributed by atoms with Gasteiger partial charge in [0.05, 0.1) is 5.01 Å². The van der Waals surface area contributed by atoms with E-state index in [0.29, 0.717) is 6.04 Å². The molecule has 5 heteroatoms. The average molecular weight is 315 g/mol. The maximum absolute atomic E-state index is 6.20. The summed E-state index contributed by atoms with van der Waals surface area (Å²) in [5.41, 5.74) is 2.15. The van der Waals surface area contributed by atoms with Gasteiger partial charge in [-0.2, -0.15) is 0 Å². The number of hydrogen-bond acceptors (Lipinski definition) is 3. The van der Waals surface area contributed by atoms with Crippen LogP contribution >= 0.6 is 34.5 Å². The molecule has 1 aromatic heterocycles. The van der Waals surface area contributed by atoms with Crippen molar-refractivity contribution in [2.24, 2.45) is 0 Å². The molecule has 2 rings (SSSR count). The summed E-state index contributed by atoms with van der Waals surface area (Å²) in [4.78, 5) is 4.50. The molecule has 0 saturated carbocycles. The van der Waals surface area contributed by atoms with Crippen molar-refractivity contribution < 1.29 is 0 Å². The molecule has 0 fully saturated rings. The molecule has 0 bridgehead atoms. The van der Waals surface area contributed by atoms with E-state index in [4.69, 9.17) is 23.2 Å². The molecule has 1 heterocycles. The number of halogens is 2. The first kappa shape index (κ1) is 14.8. The highest BCUT2D eigenvalue weighted by molar-refractivity contribution is 7.09. The van der Waals surface area contributed by atoms with Crippen molar-refractivity contribution in [1.82, 2.24) is 10.3 Å². The van der Waals surface area contributed by atoms with Crippen LogP contribution in [0.3, 0.4) is 0 Å². The Morgan fingerprint density at radius 2 is 2.11 bits per heavy atom. The fraction of sp³-hybridized carbons (Fsp3) is 0.357. The van der Waals surface area contributed by atoms with Crippen molar-refractivity contribution in [2.45, 2.75) is 25.8 Å². The Morgan fingerprint density at radius 1 is 1.32 bits per heavy atom. The predicted molar refractivity (Wildman–Crippen MR) is 83.6 cm³/mol. The smallest absolute Gasteiger partial charge is 0.0943 e. The fourth-order valence-corrected chi connectivity index (χ4v) is 3.19. The third-order valence-corrected chi connectivity index (χ3v) is 4.56. The van der Waals surface area contributed by atoms with E-state index in [1.807, 2.05) is 32.2 Å². The summed E-state index contributed by atoms with van der Waals surface area (Å²) in [5.74, 6) is 0. The van der Waals surface area contributed by atoms with Gasteiger partial charge < -0.3 is 5.32 Å². The number of likely N-dealkylation sites (N-methyl/N-ethyl adjacent to an activating group) is 1. The fourth-order valence-electron chi connectivity index (χ4n) is 1.95. The lowest BCUT2D eigenvalue weighted by Gasteiger charge is -2.16. The van der Waals surface area contributed by atoms with E-state index in [9.17, 15) is 0 Å². The normalized spacial score (nSPS) is 12.6. The van der Waals surface area contributed by atoms with Crippen LogP contribution in [-0.4, -0.2) is 18.1 Å². The Labute approximate surface area is 127 Å². The van der Waals surface area contributed by atoms with Gasteiger partial charge in [0.15, 0.2) is 0 Å². The number of aryl methyl sites for hydroxylation is 1. The lowest BCUT2D eigenvalue weighted by atomic mass is 10.0. The molecule has 0 saturated heterocycles. The standard InChI is InChI=1S/C14H16Cl2N2S/c1-9-8-19-14(18-9)7-12(17-2)6-10-5-11(15)3-4-13(10)16/h3-5,8,12,17H,6-7H2,1-2H3. The maximum atomic E-state index is 6.20. The lowest BCUT2D eigenvalue weighted by molar-refractivity contribution is 0.555. The quantitative estimate of drug-likeness (QED) is 0.897. The topological polar surface area (TPSA) is 24.9 Å². The van der Waals surface area contributed by atoms with Crippen LogP contribution < -0.4 is 5.32 Å². The van der Waals surface area contributed by atoms with Gasteiger partial charge >= 0.3 is 0 Å². The highest BCUT2D eigenvalue weighted by atomic mass is 35.5. The number of hydrogen-bond donors (Lipinski definition) is 1. The number of nitrogens with one attached hydrogen (secondary N) is 1. The van der Waals surface area contributed by atoms with Crippen molar-refractivity contribution in [2.75, 3.05) is 7.05 Å². The van der Waals surface area contributed by atoms with Crippen molar-refractivity contribution in [3.05, 3.63) is 49.9 Å². The van der Waals surface area contributed by atoms with Crippen LogP contribution in [0.5, 0.6) is 0 Å². The zero-order valence-electron chi connectivity index (χ0n) is 10.9. The summed E-state index contributed by atoms with van der Waals surface area (Å²) in [6.07, 6.45) is 1.74. The van der Waals surface area contributed by atoms with Crippen LogP contribution in [0.2, 0.25) is 10.0 Å². The molecule has 0 aliphatic carbocycles. The molecular formula is C14H16Cl2N2S. The largest absolute Gasteiger partial charge is 0.316 e. The third kappa shape index (κ3) is 4.18. The van der Waals surface area contributed by atoms with Gasteiger partial charge in [-0.15, -0.1) is 11.3 Å². The molecule has 0 spiro atoms. The van der Waals surface area contributed by atoms with E-state index < -0.39 is 0 Å². The highest BCUT2D eigenvalue weighted by Crippen LogP contribution is 2.23. The van der Waals surface area contributed by atoms with Crippen LogP contribution in [0.1, 0.15) is 16.3 Å². The van der Waals surface area contributed by atoms with Crippen molar-refractivity contribution in [1.29, 1.82) is 0 Å². The number of aromatic nitrogens is 1. The van der Waals surface area contributed by atoms with E-state index in [0.717, 1.165) is 39.2 Å². The van der Waals surface area contributed by atoms with E-state index in [2.05, 4.69) is 15.7 Å². The summed E-state index contributed by atoms with van der Waals surface area (Å²) in [6, 6.07) is 5.90. The molecule has 0 radical (unpaired) electrons. The molecule has 2 nitrogen and oxygen atoms in total. The number of benzene rings is 1. The Morgan fingerprint density at radius 3 is 2.74 bits per heavy atom. The number of rotatable bonds is 5. The van der Waals surface area contributed by atoms with Crippen LogP contribution in [0.4, 0.5) is 0 Å². The van der Waals surface area contributed by atoms with E-state index in [-0.39, 0.29) is 0 Å². The monoisotopic (exact) mass is 314 g/mol. The zero-order chi connectivity index (χ0) is 13.8. The van der Waals surface area contributed by atoms with Crippen LogP contribution in [-0.2, 0) is 12.8 Å². The minimum atomic E-state index is 0.307. The van der Waals surface area contributed by atoms with E-state index in [1.54, 1.807) is 11.3 Å². The van der Waals surface area contributed by atoms with Gasteiger partial charge in [0, 0.05) is 33.6 Å². The van der Waals surface area contributed by atoms with Crippen molar-refractivity contribution in [3.63, 3.8) is 0 Å². The zero-order valence-corrected chi connectivity index (χ0v) is 13.2. The summed E-state index contributed by atoms with van der Waals surface area (Å²) in [7, 11) is 1.96. The molecule has 2 aromatic rings. The minimum absolute atomic E-state index is 0.307. The van der Waals surface area contributed by atoms with Gasteiger partial charge in [-0.25, -0.2) is 4.98 Å². The molecule has 102 valence electrons. The first-order valence-electron chi connectivity index (χ1n) is 6.10. The van der Waals surface area contributed by atoms with Crippen LogP contribution in [0, 0.1) is 6.92 Å². The Bertz CT molecular complexity index is 554. The average Bonchev–Trinajstić information content (AvgIpc) is 2.78. The van der Waals surface area contributed by atoms with E-state index in [1.165, 1.54) is 0 Å². The van der Waals surface area contributed by atoms with Gasteiger partial charge in [0.1, 0.15) is 0 Å². The molecule has 1 unspecified atom stereocenters. The second kappa shape index (κ2) is 6.71. The van der Waals surface area contributed by atoms with Crippen LogP contribution in [0.15, 0.2) is 23.6 Å². The molecule has 1 aromatic carbocycles. The van der Waals surface area contributed by atoms with Crippen molar-refractivity contribution in [3.8, 4) is 0 Å². The molecule has 0 aliphatic rings. The molecule has 1 atom stereocenters. The SMILES string of the molecule is CNC(Cc1nc(C)cs1)Cc1cc(Cl)ccc1Cl. The molecule has 1 N–H and O–H groups in total. The molecule has 19 heavy (non-hydrogen) atoms. The number of nitrogens with zero attached hydrogens (tertiary/aromatic N) is 1. The maximum Gasteiger partial charge on any atom is 0.0943 e.